The quantitative estimate of drug-likeness (QED) is 0.480. The Balaban J connectivity index is 1.97. The first-order valence-electron chi connectivity index (χ1n) is 6.60. The standard InChI is InChI=1S/C17H15NO3S/c1-12-3-6-14(7-4-12)22-11-17(19)21-15-8-5-13(10-18)9-16(15)20-2/h3-9H,11H2,1-2H3. The van der Waals surface area contributed by atoms with E-state index in [9.17, 15) is 4.79 Å². The summed E-state index contributed by atoms with van der Waals surface area (Å²) in [7, 11) is 1.47. The Labute approximate surface area is 133 Å². The summed E-state index contributed by atoms with van der Waals surface area (Å²) in [5.74, 6) is 0.518. The summed E-state index contributed by atoms with van der Waals surface area (Å²) >= 11 is 1.41. The number of hydrogen-bond donors (Lipinski definition) is 0. The Morgan fingerprint density at radius 2 is 1.91 bits per heavy atom. The van der Waals surface area contributed by atoms with E-state index in [0.717, 1.165) is 4.90 Å². The molecule has 2 aromatic rings. The first-order valence-corrected chi connectivity index (χ1v) is 7.59. The van der Waals surface area contributed by atoms with Crippen LogP contribution in [0.2, 0.25) is 0 Å². The molecular formula is C17H15NO3S. The summed E-state index contributed by atoms with van der Waals surface area (Å²) in [5, 5.41) is 8.84. The van der Waals surface area contributed by atoms with Gasteiger partial charge in [-0.05, 0) is 31.2 Å². The Bertz CT molecular complexity index is 705. The molecule has 0 atom stereocenters. The highest BCUT2D eigenvalue weighted by molar-refractivity contribution is 8.00. The molecule has 4 nitrogen and oxygen atoms in total. The number of aryl methyl sites for hydroxylation is 1. The van der Waals surface area contributed by atoms with E-state index in [0.29, 0.717) is 17.1 Å². The van der Waals surface area contributed by atoms with Gasteiger partial charge in [0.15, 0.2) is 11.5 Å². The second-order valence-electron chi connectivity index (χ2n) is 4.55. The molecule has 0 aliphatic rings. The van der Waals surface area contributed by atoms with E-state index < -0.39 is 0 Å². The van der Waals surface area contributed by atoms with Crippen LogP contribution in [0.1, 0.15) is 11.1 Å². The molecule has 0 unspecified atom stereocenters. The summed E-state index contributed by atoms with van der Waals surface area (Å²) in [6.45, 7) is 2.01. The highest BCUT2D eigenvalue weighted by Crippen LogP contribution is 2.28. The lowest BCUT2D eigenvalue weighted by atomic mass is 10.2. The lowest BCUT2D eigenvalue weighted by molar-refractivity contribution is -0.131. The fourth-order valence-electron chi connectivity index (χ4n) is 1.75. The molecule has 0 aromatic heterocycles. The highest BCUT2D eigenvalue weighted by atomic mass is 32.2. The van der Waals surface area contributed by atoms with Crippen molar-refractivity contribution >= 4 is 17.7 Å². The van der Waals surface area contributed by atoms with Crippen LogP contribution in [-0.4, -0.2) is 18.8 Å². The van der Waals surface area contributed by atoms with Crippen LogP contribution >= 0.6 is 11.8 Å². The first-order chi connectivity index (χ1) is 10.6. The predicted molar refractivity (Wildman–Crippen MR) is 85.2 cm³/mol. The number of methoxy groups -OCH3 is 1. The van der Waals surface area contributed by atoms with E-state index in [1.54, 1.807) is 12.1 Å². The Hall–Kier alpha value is -2.45. The molecule has 0 amide bonds. The molecule has 0 aliphatic carbocycles. The van der Waals surface area contributed by atoms with Crippen molar-refractivity contribution in [2.75, 3.05) is 12.9 Å². The van der Waals surface area contributed by atoms with Gasteiger partial charge in [0.2, 0.25) is 0 Å². The van der Waals surface area contributed by atoms with Crippen molar-refractivity contribution in [2.24, 2.45) is 0 Å². The van der Waals surface area contributed by atoms with Crippen molar-refractivity contribution in [3.05, 3.63) is 53.6 Å². The van der Waals surface area contributed by atoms with Crippen molar-refractivity contribution in [3.63, 3.8) is 0 Å². The van der Waals surface area contributed by atoms with E-state index in [4.69, 9.17) is 14.7 Å². The average Bonchev–Trinajstić information content (AvgIpc) is 2.54. The molecule has 22 heavy (non-hydrogen) atoms. The Morgan fingerprint density at radius 3 is 2.55 bits per heavy atom. The number of nitrogens with zero attached hydrogens (tertiary/aromatic N) is 1. The first kappa shape index (κ1) is 15.9. The number of benzene rings is 2. The second-order valence-corrected chi connectivity index (χ2v) is 5.60. The van der Waals surface area contributed by atoms with Gasteiger partial charge >= 0.3 is 5.97 Å². The van der Waals surface area contributed by atoms with Gasteiger partial charge in [-0.25, -0.2) is 0 Å². The van der Waals surface area contributed by atoms with Gasteiger partial charge in [0.05, 0.1) is 24.5 Å². The van der Waals surface area contributed by atoms with Gasteiger partial charge in [0.25, 0.3) is 0 Å². The number of carbonyl (C=O) groups is 1. The van der Waals surface area contributed by atoms with Crippen LogP contribution in [0.4, 0.5) is 0 Å². The summed E-state index contributed by atoms with van der Waals surface area (Å²) < 4.78 is 10.4. The van der Waals surface area contributed by atoms with Gasteiger partial charge in [0.1, 0.15) is 0 Å². The van der Waals surface area contributed by atoms with Gasteiger partial charge in [-0.2, -0.15) is 5.26 Å². The monoisotopic (exact) mass is 313 g/mol. The number of ether oxygens (including phenoxy) is 2. The molecular weight excluding hydrogens is 298 g/mol. The van der Waals surface area contributed by atoms with Crippen LogP contribution in [0.25, 0.3) is 0 Å². The lowest BCUT2D eigenvalue weighted by Crippen LogP contribution is -2.11. The minimum Gasteiger partial charge on any atom is -0.493 e. The van der Waals surface area contributed by atoms with E-state index >= 15 is 0 Å². The summed E-state index contributed by atoms with van der Waals surface area (Å²) in [5.41, 5.74) is 1.62. The zero-order valence-corrected chi connectivity index (χ0v) is 13.1. The minimum atomic E-state index is -0.367. The number of carbonyl (C=O) groups excluding carboxylic acids is 1. The summed E-state index contributed by atoms with van der Waals surface area (Å²) in [6, 6.07) is 14.6. The van der Waals surface area contributed by atoms with Crippen LogP contribution < -0.4 is 9.47 Å². The predicted octanol–water partition coefficient (Wildman–Crippen LogP) is 3.57. The largest absolute Gasteiger partial charge is 0.493 e. The summed E-state index contributed by atoms with van der Waals surface area (Å²) in [6.07, 6.45) is 0. The van der Waals surface area contributed by atoms with E-state index in [-0.39, 0.29) is 11.7 Å². The molecule has 0 bridgehead atoms. The molecule has 0 spiro atoms. The van der Waals surface area contributed by atoms with E-state index in [2.05, 4.69) is 0 Å². The Kier molecular flexibility index (Phi) is 5.45. The maximum Gasteiger partial charge on any atom is 0.321 e. The molecule has 0 N–H and O–H groups in total. The third-order valence-electron chi connectivity index (χ3n) is 2.89. The maximum atomic E-state index is 11.9. The molecule has 2 aromatic carbocycles. The lowest BCUT2D eigenvalue weighted by Gasteiger charge is -2.09. The van der Waals surface area contributed by atoms with Crippen molar-refractivity contribution in [3.8, 4) is 17.6 Å². The minimum absolute atomic E-state index is 0.201. The molecule has 0 aliphatic heterocycles. The summed E-state index contributed by atoms with van der Waals surface area (Å²) in [4.78, 5) is 12.9. The van der Waals surface area contributed by atoms with Crippen LogP contribution in [-0.2, 0) is 4.79 Å². The number of thioether (sulfide) groups is 1. The third-order valence-corrected chi connectivity index (χ3v) is 3.88. The fraction of sp³-hybridized carbons (Fsp3) is 0.176. The second kappa shape index (κ2) is 7.53. The number of esters is 1. The number of hydrogen-bond acceptors (Lipinski definition) is 5. The molecule has 0 saturated carbocycles. The molecule has 112 valence electrons. The van der Waals surface area contributed by atoms with Crippen LogP contribution in [0, 0.1) is 18.3 Å². The third kappa shape index (κ3) is 4.27. The van der Waals surface area contributed by atoms with Gasteiger partial charge in [-0.15, -0.1) is 11.8 Å². The van der Waals surface area contributed by atoms with Crippen molar-refractivity contribution < 1.29 is 14.3 Å². The zero-order chi connectivity index (χ0) is 15.9. The molecule has 0 saturated heterocycles. The van der Waals surface area contributed by atoms with E-state index in [1.807, 2.05) is 37.3 Å². The molecule has 2 rings (SSSR count). The number of nitriles is 1. The highest BCUT2D eigenvalue weighted by Gasteiger charge is 2.11. The van der Waals surface area contributed by atoms with Crippen molar-refractivity contribution in [2.45, 2.75) is 11.8 Å². The molecule has 0 heterocycles. The average molecular weight is 313 g/mol. The fourth-order valence-corrected chi connectivity index (χ4v) is 2.42. The van der Waals surface area contributed by atoms with Crippen LogP contribution in [0.3, 0.4) is 0 Å². The van der Waals surface area contributed by atoms with Gasteiger partial charge in [-0.1, -0.05) is 17.7 Å². The van der Waals surface area contributed by atoms with Crippen LogP contribution in [0.5, 0.6) is 11.5 Å². The molecule has 0 radical (unpaired) electrons. The van der Waals surface area contributed by atoms with Crippen molar-refractivity contribution in [1.82, 2.24) is 0 Å². The SMILES string of the molecule is COc1cc(C#N)ccc1OC(=O)CSc1ccc(C)cc1. The Morgan fingerprint density at radius 1 is 1.18 bits per heavy atom. The van der Waals surface area contributed by atoms with Gasteiger partial charge < -0.3 is 9.47 Å². The number of rotatable bonds is 5. The van der Waals surface area contributed by atoms with E-state index in [1.165, 1.54) is 30.5 Å². The van der Waals surface area contributed by atoms with Crippen molar-refractivity contribution in [1.29, 1.82) is 5.26 Å². The zero-order valence-electron chi connectivity index (χ0n) is 12.3. The van der Waals surface area contributed by atoms with Crippen LogP contribution in [0.15, 0.2) is 47.4 Å². The van der Waals surface area contributed by atoms with Gasteiger partial charge in [0, 0.05) is 11.0 Å². The normalized spacial score (nSPS) is 9.86. The molecule has 5 heteroatoms. The smallest absolute Gasteiger partial charge is 0.321 e. The van der Waals surface area contributed by atoms with Gasteiger partial charge in [-0.3, -0.25) is 4.79 Å². The maximum absolute atomic E-state index is 11.9. The molecule has 0 fully saturated rings. The topological polar surface area (TPSA) is 59.3 Å².